The normalized spacial score (nSPS) is 15.6. The molecule has 0 spiro atoms. The standard InChI is InChI=1S/C14H17N3O/c1-10-7-12(18-16-10)9-17-6-5-13-11(8-17)3-2-4-14(13)15/h2-4,7H,5-6,8-9,15H2,1H3. The van der Waals surface area contributed by atoms with E-state index in [9.17, 15) is 0 Å². The van der Waals surface area contributed by atoms with Crippen LogP contribution < -0.4 is 5.73 Å². The Bertz CT molecular complexity index is 562. The van der Waals surface area contributed by atoms with Gasteiger partial charge in [0.15, 0.2) is 5.76 Å². The largest absolute Gasteiger partial charge is 0.398 e. The average Bonchev–Trinajstić information content (AvgIpc) is 2.75. The lowest BCUT2D eigenvalue weighted by molar-refractivity contribution is 0.215. The van der Waals surface area contributed by atoms with E-state index in [0.717, 1.165) is 43.2 Å². The Hall–Kier alpha value is -1.81. The quantitative estimate of drug-likeness (QED) is 0.821. The first-order chi connectivity index (χ1) is 8.72. The van der Waals surface area contributed by atoms with Crippen LogP contribution >= 0.6 is 0 Å². The summed E-state index contributed by atoms with van der Waals surface area (Å²) in [5, 5.41) is 3.92. The van der Waals surface area contributed by atoms with Gasteiger partial charge in [-0.2, -0.15) is 0 Å². The zero-order valence-electron chi connectivity index (χ0n) is 10.5. The van der Waals surface area contributed by atoms with Gasteiger partial charge in [-0.05, 0) is 30.5 Å². The molecule has 94 valence electrons. The van der Waals surface area contributed by atoms with E-state index in [4.69, 9.17) is 10.3 Å². The second kappa shape index (κ2) is 4.46. The fourth-order valence-electron chi connectivity index (χ4n) is 2.54. The summed E-state index contributed by atoms with van der Waals surface area (Å²) in [6.07, 6.45) is 1.01. The van der Waals surface area contributed by atoms with Gasteiger partial charge in [-0.1, -0.05) is 17.3 Å². The van der Waals surface area contributed by atoms with Gasteiger partial charge in [0.1, 0.15) is 0 Å². The molecular formula is C14H17N3O. The first kappa shape index (κ1) is 11.3. The van der Waals surface area contributed by atoms with Crippen LogP contribution in [0, 0.1) is 6.92 Å². The van der Waals surface area contributed by atoms with Crippen molar-refractivity contribution in [1.82, 2.24) is 10.1 Å². The van der Waals surface area contributed by atoms with E-state index in [1.165, 1.54) is 11.1 Å². The SMILES string of the molecule is Cc1cc(CN2CCc3c(N)cccc3C2)on1. The molecule has 0 saturated heterocycles. The van der Waals surface area contributed by atoms with Gasteiger partial charge in [0.2, 0.25) is 0 Å². The van der Waals surface area contributed by atoms with E-state index in [0.29, 0.717) is 0 Å². The monoisotopic (exact) mass is 243 g/mol. The van der Waals surface area contributed by atoms with Gasteiger partial charge in [-0.15, -0.1) is 0 Å². The minimum atomic E-state index is 0.815. The van der Waals surface area contributed by atoms with E-state index in [1.54, 1.807) is 0 Å². The number of nitrogens with two attached hydrogens (primary N) is 1. The van der Waals surface area contributed by atoms with Crippen LogP contribution in [0.2, 0.25) is 0 Å². The van der Waals surface area contributed by atoms with Gasteiger partial charge in [0.05, 0.1) is 12.2 Å². The molecule has 2 aromatic rings. The lowest BCUT2D eigenvalue weighted by atomic mass is 9.98. The molecule has 0 fully saturated rings. The molecule has 0 amide bonds. The molecule has 0 atom stereocenters. The molecule has 1 aromatic heterocycles. The maximum absolute atomic E-state index is 6.00. The lowest BCUT2D eigenvalue weighted by Gasteiger charge is -2.28. The summed E-state index contributed by atoms with van der Waals surface area (Å²) in [6, 6.07) is 8.16. The van der Waals surface area contributed by atoms with E-state index in [1.807, 2.05) is 25.1 Å². The molecule has 3 rings (SSSR count). The van der Waals surface area contributed by atoms with Crippen molar-refractivity contribution < 1.29 is 4.52 Å². The number of anilines is 1. The molecule has 1 aliphatic rings. The van der Waals surface area contributed by atoms with Crippen LogP contribution in [0.15, 0.2) is 28.8 Å². The zero-order chi connectivity index (χ0) is 12.5. The number of hydrogen-bond acceptors (Lipinski definition) is 4. The molecule has 0 saturated carbocycles. The van der Waals surface area contributed by atoms with Gasteiger partial charge < -0.3 is 10.3 Å². The number of benzene rings is 1. The summed E-state index contributed by atoms with van der Waals surface area (Å²) in [6.45, 7) is 4.70. The molecule has 0 bridgehead atoms. The Kier molecular flexibility index (Phi) is 2.80. The van der Waals surface area contributed by atoms with Crippen molar-refractivity contribution in [1.29, 1.82) is 0 Å². The highest BCUT2D eigenvalue weighted by atomic mass is 16.5. The maximum atomic E-state index is 6.00. The van der Waals surface area contributed by atoms with E-state index in [2.05, 4.69) is 16.1 Å². The Morgan fingerprint density at radius 1 is 1.44 bits per heavy atom. The van der Waals surface area contributed by atoms with Crippen molar-refractivity contribution in [2.45, 2.75) is 26.4 Å². The molecule has 4 nitrogen and oxygen atoms in total. The molecule has 0 radical (unpaired) electrons. The third-order valence-corrected chi connectivity index (χ3v) is 3.44. The van der Waals surface area contributed by atoms with Crippen LogP contribution in [-0.2, 0) is 19.5 Å². The minimum absolute atomic E-state index is 0.815. The van der Waals surface area contributed by atoms with Gasteiger partial charge in [0, 0.05) is 24.8 Å². The van der Waals surface area contributed by atoms with Gasteiger partial charge in [-0.3, -0.25) is 4.90 Å². The first-order valence-electron chi connectivity index (χ1n) is 6.23. The molecule has 4 heteroatoms. The summed E-state index contributed by atoms with van der Waals surface area (Å²) in [5.41, 5.74) is 10.5. The molecule has 1 aromatic carbocycles. The molecule has 0 aliphatic carbocycles. The highest BCUT2D eigenvalue weighted by molar-refractivity contribution is 5.51. The summed E-state index contributed by atoms with van der Waals surface area (Å²) in [5.74, 6) is 0.930. The Morgan fingerprint density at radius 3 is 3.11 bits per heavy atom. The summed E-state index contributed by atoms with van der Waals surface area (Å²) < 4.78 is 5.26. The smallest absolute Gasteiger partial charge is 0.150 e. The first-order valence-corrected chi connectivity index (χ1v) is 6.23. The second-order valence-corrected chi connectivity index (χ2v) is 4.88. The van der Waals surface area contributed by atoms with Crippen molar-refractivity contribution in [3.63, 3.8) is 0 Å². The number of hydrogen-bond donors (Lipinski definition) is 1. The van der Waals surface area contributed by atoms with Crippen LogP contribution in [0.3, 0.4) is 0 Å². The van der Waals surface area contributed by atoms with Crippen molar-refractivity contribution in [2.24, 2.45) is 0 Å². The third kappa shape index (κ3) is 2.11. The number of aromatic nitrogens is 1. The predicted molar refractivity (Wildman–Crippen MR) is 69.9 cm³/mol. The average molecular weight is 243 g/mol. The van der Waals surface area contributed by atoms with Crippen molar-refractivity contribution in [2.75, 3.05) is 12.3 Å². The Morgan fingerprint density at radius 2 is 2.33 bits per heavy atom. The summed E-state index contributed by atoms with van der Waals surface area (Å²) in [7, 11) is 0. The Labute approximate surface area is 106 Å². The van der Waals surface area contributed by atoms with E-state index >= 15 is 0 Å². The lowest BCUT2D eigenvalue weighted by Crippen LogP contribution is -2.30. The van der Waals surface area contributed by atoms with Crippen LogP contribution in [0.25, 0.3) is 0 Å². The second-order valence-electron chi connectivity index (χ2n) is 4.88. The zero-order valence-corrected chi connectivity index (χ0v) is 10.5. The highest BCUT2D eigenvalue weighted by Gasteiger charge is 2.18. The van der Waals surface area contributed by atoms with Gasteiger partial charge in [-0.25, -0.2) is 0 Å². The molecular weight excluding hydrogens is 226 g/mol. The molecule has 2 N–H and O–H groups in total. The van der Waals surface area contributed by atoms with Crippen LogP contribution in [0.5, 0.6) is 0 Å². The molecule has 18 heavy (non-hydrogen) atoms. The summed E-state index contributed by atoms with van der Waals surface area (Å²) >= 11 is 0. The summed E-state index contributed by atoms with van der Waals surface area (Å²) in [4.78, 5) is 2.36. The van der Waals surface area contributed by atoms with Crippen molar-refractivity contribution in [3.8, 4) is 0 Å². The van der Waals surface area contributed by atoms with E-state index < -0.39 is 0 Å². The Balaban J connectivity index is 1.75. The van der Waals surface area contributed by atoms with Crippen LogP contribution in [0.4, 0.5) is 5.69 Å². The fraction of sp³-hybridized carbons (Fsp3) is 0.357. The maximum Gasteiger partial charge on any atom is 0.150 e. The minimum Gasteiger partial charge on any atom is -0.398 e. The number of rotatable bonds is 2. The molecule has 2 heterocycles. The van der Waals surface area contributed by atoms with Crippen LogP contribution in [-0.4, -0.2) is 16.6 Å². The topological polar surface area (TPSA) is 55.3 Å². The molecule has 1 aliphatic heterocycles. The van der Waals surface area contributed by atoms with Crippen molar-refractivity contribution in [3.05, 3.63) is 46.8 Å². The number of nitrogen functional groups attached to an aromatic ring is 1. The van der Waals surface area contributed by atoms with Crippen molar-refractivity contribution >= 4 is 5.69 Å². The van der Waals surface area contributed by atoms with Gasteiger partial charge >= 0.3 is 0 Å². The number of fused-ring (bicyclic) bond motifs is 1. The third-order valence-electron chi connectivity index (χ3n) is 3.44. The van der Waals surface area contributed by atoms with Gasteiger partial charge in [0.25, 0.3) is 0 Å². The van der Waals surface area contributed by atoms with Crippen LogP contribution in [0.1, 0.15) is 22.6 Å². The predicted octanol–water partition coefficient (Wildman–Crippen LogP) is 2.12. The fourth-order valence-corrected chi connectivity index (χ4v) is 2.54. The van der Waals surface area contributed by atoms with E-state index in [-0.39, 0.29) is 0 Å². The number of nitrogens with zero attached hydrogens (tertiary/aromatic N) is 2. The number of aryl methyl sites for hydroxylation is 1. The highest BCUT2D eigenvalue weighted by Crippen LogP contribution is 2.25. The molecule has 0 unspecified atom stereocenters.